The number of benzene rings is 2. The highest BCUT2D eigenvalue weighted by Gasteiger charge is 2.11. The van der Waals surface area contributed by atoms with Crippen LogP contribution in [0.5, 0.6) is 0 Å². The van der Waals surface area contributed by atoms with Crippen LogP contribution in [-0.4, -0.2) is 16.0 Å². The minimum absolute atomic E-state index is 0.166. The van der Waals surface area contributed by atoms with Crippen molar-refractivity contribution < 1.29 is 9.32 Å². The van der Waals surface area contributed by atoms with Crippen molar-refractivity contribution in [2.45, 2.75) is 20.8 Å². The smallest absolute Gasteiger partial charge is 0.255 e. The summed E-state index contributed by atoms with van der Waals surface area (Å²) in [7, 11) is 0. The second-order valence-electron chi connectivity index (χ2n) is 5.49. The Morgan fingerprint density at radius 2 is 1.91 bits per heavy atom. The Labute approximate surface area is 134 Å². The number of carbonyl (C=O) groups excluding carboxylic acids is 1. The Bertz CT molecular complexity index is 868. The number of nitrogens with one attached hydrogen (secondary N) is 1. The Morgan fingerprint density at radius 3 is 2.65 bits per heavy atom. The molecule has 0 radical (unpaired) electrons. The monoisotopic (exact) mass is 307 g/mol. The molecule has 5 heteroatoms. The average Bonchev–Trinajstić information content (AvgIpc) is 2.97. The zero-order valence-corrected chi connectivity index (χ0v) is 13.3. The molecule has 1 heterocycles. The van der Waals surface area contributed by atoms with Crippen molar-refractivity contribution in [1.29, 1.82) is 0 Å². The molecule has 3 aromatic rings. The minimum Gasteiger partial charge on any atom is -0.339 e. The number of aromatic nitrogens is 2. The van der Waals surface area contributed by atoms with Gasteiger partial charge in [-0.15, -0.1) is 0 Å². The highest BCUT2D eigenvalue weighted by molar-refractivity contribution is 6.05. The molecule has 5 nitrogen and oxygen atoms in total. The largest absolute Gasteiger partial charge is 0.339 e. The van der Waals surface area contributed by atoms with Crippen LogP contribution in [-0.2, 0) is 0 Å². The van der Waals surface area contributed by atoms with Gasteiger partial charge in [0.25, 0.3) is 5.91 Å². The Balaban J connectivity index is 1.87. The van der Waals surface area contributed by atoms with Crippen LogP contribution in [0.1, 0.15) is 27.4 Å². The first kappa shape index (κ1) is 15.0. The van der Waals surface area contributed by atoms with Crippen LogP contribution in [0.15, 0.2) is 47.0 Å². The fraction of sp³-hybridized carbons (Fsp3) is 0.167. The van der Waals surface area contributed by atoms with Crippen LogP contribution in [0.25, 0.3) is 11.4 Å². The van der Waals surface area contributed by atoms with Crippen LogP contribution in [0.3, 0.4) is 0 Å². The number of carbonyl (C=O) groups is 1. The van der Waals surface area contributed by atoms with E-state index in [1.54, 1.807) is 25.1 Å². The molecule has 0 spiro atoms. The van der Waals surface area contributed by atoms with E-state index in [-0.39, 0.29) is 5.91 Å². The van der Waals surface area contributed by atoms with Crippen LogP contribution in [0.4, 0.5) is 5.69 Å². The lowest BCUT2D eigenvalue weighted by atomic mass is 10.1. The van der Waals surface area contributed by atoms with Gasteiger partial charge in [-0.1, -0.05) is 29.4 Å². The molecule has 1 N–H and O–H groups in total. The average molecular weight is 307 g/mol. The van der Waals surface area contributed by atoms with Crippen molar-refractivity contribution in [2.24, 2.45) is 0 Å². The lowest BCUT2D eigenvalue weighted by Crippen LogP contribution is -2.13. The predicted octanol–water partition coefficient (Wildman–Crippen LogP) is 3.91. The Morgan fingerprint density at radius 1 is 1.09 bits per heavy atom. The molecule has 0 aliphatic rings. The van der Waals surface area contributed by atoms with E-state index >= 15 is 0 Å². The highest BCUT2D eigenvalue weighted by Crippen LogP contribution is 2.20. The molecule has 0 bridgehead atoms. The molecule has 23 heavy (non-hydrogen) atoms. The third kappa shape index (κ3) is 3.29. The van der Waals surface area contributed by atoms with E-state index in [4.69, 9.17) is 4.52 Å². The SMILES string of the molecule is Cc1ccc(C)c(NC(=O)c2cccc(-c3noc(C)n3)c2)c1. The van der Waals surface area contributed by atoms with E-state index in [2.05, 4.69) is 15.5 Å². The summed E-state index contributed by atoms with van der Waals surface area (Å²) in [5.74, 6) is 0.801. The van der Waals surface area contributed by atoms with Gasteiger partial charge in [0.15, 0.2) is 0 Å². The third-order valence-corrected chi connectivity index (χ3v) is 3.55. The summed E-state index contributed by atoms with van der Waals surface area (Å²) in [5, 5.41) is 6.83. The van der Waals surface area contributed by atoms with Crippen molar-refractivity contribution >= 4 is 11.6 Å². The molecule has 0 saturated carbocycles. The number of hydrogen-bond acceptors (Lipinski definition) is 4. The van der Waals surface area contributed by atoms with Gasteiger partial charge < -0.3 is 9.84 Å². The van der Waals surface area contributed by atoms with Gasteiger partial charge in [0.05, 0.1) is 0 Å². The molecular formula is C18H17N3O2. The number of aryl methyl sites for hydroxylation is 3. The molecule has 0 saturated heterocycles. The summed E-state index contributed by atoms with van der Waals surface area (Å²) in [6, 6.07) is 13.1. The maximum Gasteiger partial charge on any atom is 0.255 e. The molecule has 1 amide bonds. The molecule has 0 fully saturated rings. The van der Waals surface area contributed by atoms with E-state index in [0.717, 1.165) is 22.4 Å². The first-order valence-electron chi connectivity index (χ1n) is 7.32. The van der Waals surface area contributed by atoms with E-state index in [1.165, 1.54) is 0 Å². The van der Waals surface area contributed by atoms with Gasteiger partial charge in [-0.3, -0.25) is 4.79 Å². The molecule has 0 atom stereocenters. The number of nitrogens with zero attached hydrogens (tertiary/aromatic N) is 2. The standard InChI is InChI=1S/C18H17N3O2/c1-11-7-8-12(2)16(9-11)20-18(22)15-6-4-5-14(10-15)17-19-13(3)23-21-17/h4-10H,1-3H3,(H,20,22). The molecular weight excluding hydrogens is 290 g/mol. The number of rotatable bonds is 3. The molecule has 1 aromatic heterocycles. The lowest BCUT2D eigenvalue weighted by molar-refractivity contribution is 0.102. The topological polar surface area (TPSA) is 68.0 Å². The van der Waals surface area contributed by atoms with Gasteiger partial charge >= 0.3 is 0 Å². The van der Waals surface area contributed by atoms with Crippen molar-refractivity contribution in [1.82, 2.24) is 10.1 Å². The van der Waals surface area contributed by atoms with Gasteiger partial charge in [0, 0.05) is 23.7 Å². The van der Waals surface area contributed by atoms with Crippen molar-refractivity contribution in [3.05, 3.63) is 65.0 Å². The lowest BCUT2D eigenvalue weighted by Gasteiger charge is -2.09. The summed E-state index contributed by atoms with van der Waals surface area (Å²) in [5.41, 5.74) is 4.23. The predicted molar refractivity (Wildman–Crippen MR) is 88.3 cm³/mol. The molecule has 3 rings (SSSR count). The van der Waals surface area contributed by atoms with E-state index in [9.17, 15) is 4.79 Å². The molecule has 0 aliphatic heterocycles. The zero-order chi connectivity index (χ0) is 16.4. The molecule has 0 aliphatic carbocycles. The van der Waals surface area contributed by atoms with Crippen molar-refractivity contribution in [3.63, 3.8) is 0 Å². The quantitative estimate of drug-likeness (QED) is 0.796. The van der Waals surface area contributed by atoms with Gasteiger partial charge in [0.1, 0.15) is 0 Å². The fourth-order valence-electron chi connectivity index (χ4n) is 2.28. The second-order valence-corrected chi connectivity index (χ2v) is 5.49. The maximum atomic E-state index is 12.5. The summed E-state index contributed by atoms with van der Waals surface area (Å²) < 4.78 is 4.98. The summed E-state index contributed by atoms with van der Waals surface area (Å²) >= 11 is 0. The van der Waals surface area contributed by atoms with Crippen LogP contribution >= 0.6 is 0 Å². The first-order valence-corrected chi connectivity index (χ1v) is 7.32. The van der Waals surface area contributed by atoms with Crippen LogP contribution in [0.2, 0.25) is 0 Å². The molecule has 2 aromatic carbocycles. The van der Waals surface area contributed by atoms with Gasteiger partial charge in [0.2, 0.25) is 11.7 Å². The van der Waals surface area contributed by atoms with Crippen LogP contribution < -0.4 is 5.32 Å². The Kier molecular flexibility index (Phi) is 3.93. The van der Waals surface area contributed by atoms with Crippen LogP contribution in [0, 0.1) is 20.8 Å². The number of amides is 1. The third-order valence-electron chi connectivity index (χ3n) is 3.55. The highest BCUT2D eigenvalue weighted by atomic mass is 16.5. The van der Waals surface area contributed by atoms with E-state index in [0.29, 0.717) is 17.3 Å². The van der Waals surface area contributed by atoms with Crippen molar-refractivity contribution in [3.8, 4) is 11.4 Å². The maximum absolute atomic E-state index is 12.5. The minimum atomic E-state index is -0.166. The van der Waals surface area contributed by atoms with Gasteiger partial charge in [-0.05, 0) is 43.2 Å². The van der Waals surface area contributed by atoms with E-state index in [1.807, 2.05) is 38.1 Å². The van der Waals surface area contributed by atoms with Crippen molar-refractivity contribution in [2.75, 3.05) is 5.32 Å². The number of hydrogen-bond donors (Lipinski definition) is 1. The number of anilines is 1. The molecule has 116 valence electrons. The fourth-order valence-corrected chi connectivity index (χ4v) is 2.28. The first-order chi connectivity index (χ1) is 11.0. The second kappa shape index (κ2) is 6.04. The summed E-state index contributed by atoms with van der Waals surface area (Å²) in [6.07, 6.45) is 0. The van der Waals surface area contributed by atoms with E-state index < -0.39 is 0 Å². The summed E-state index contributed by atoms with van der Waals surface area (Å²) in [6.45, 7) is 5.69. The van der Waals surface area contributed by atoms with Gasteiger partial charge in [-0.2, -0.15) is 4.98 Å². The Hall–Kier alpha value is -2.95. The molecule has 0 unspecified atom stereocenters. The summed E-state index contributed by atoms with van der Waals surface area (Å²) in [4.78, 5) is 16.7. The van der Waals surface area contributed by atoms with Gasteiger partial charge in [-0.25, -0.2) is 0 Å². The zero-order valence-electron chi connectivity index (χ0n) is 13.3. The normalized spacial score (nSPS) is 10.6.